The number of aromatic nitrogens is 1. The molecular formula is C13H18N2S. The van der Waals surface area contributed by atoms with Crippen molar-refractivity contribution < 1.29 is 0 Å². The fourth-order valence-electron chi connectivity index (χ4n) is 4.84. The van der Waals surface area contributed by atoms with E-state index in [1.807, 2.05) is 6.20 Å². The van der Waals surface area contributed by atoms with Crippen LogP contribution in [0.1, 0.15) is 42.9 Å². The first-order valence-corrected chi connectivity index (χ1v) is 7.32. The van der Waals surface area contributed by atoms with Crippen LogP contribution in [0.4, 0.5) is 5.13 Å². The fraction of sp³-hybridized carbons (Fsp3) is 0.769. The molecule has 16 heavy (non-hydrogen) atoms. The number of thiazole rings is 1. The van der Waals surface area contributed by atoms with Gasteiger partial charge in [0.15, 0.2) is 5.13 Å². The molecule has 4 saturated carbocycles. The van der Waals surface area contributed by atoms with E-state index in [0.29, 0.717) is 0 Å². The Morgan fingerprint density at radius 3 is 2.19 bits per heavy atom. The van der Waals surface area contributed by atoms with Gasteiger partial charge in [-0.3, -0.25) is 0 Å². The molecule has 4 bridgehead atoms. The van der Waals surface area contributed by atoms with Crippen molar-refractivity contribution in [1.29, 1.82) is 0 Å². The van der Waals surface area contributed by atoms with Gasteiger partial charge >= 0.3 is 0 Å². The summed E-state index contributed by atoms with van der Waals surface area (Å²) in [6, 6.07) is 0. The fourth-order valence-corrected chi connectivity index (χ4v) is 5.82. The Balaban J connectivity index is 1.69. The average molecular weight is 234 g/mol. The van der Waals surface area contributed by atoms with Gasteiger partial charge in [0.2, 0.25) is 0 Å². The average Bonchev–Trinajstić information content (AvgIpc) is 2.63. The van der Waals surface area contributed by atoms with Gasteiger partial charge in [-0.15, -0.1) is 11.3 Å². The lowest BCUT2D eigenvalue weighted by Crippen LogP contribution is -2.43. The maximum absolute atomic E-state index is 5.78. The number of nitrogen functional groups attached to an aromatic ring is 1. The highest BCUT2D eigenvalue weighted by Crippen LogP contribution is 2.60. The molecule has 2 N–H and O–H groups in total. The van der Waals surface area contributed by atoms with E-state index < -0.39 is 0 Å². The molecule has 1 aromatic rings. The first-order chi connectivity index (χ1) is 7.79. The number of nitrogens with two attached hydrogens (primary N) is 1. The molecule has 1 aromatic heterocycles. The largest absolute Gasteiger partial charge is 0.375 e. The molecule has 1 heterocycles. The number of nitrogens with zero attached hydrogens (tertiary/aromatic N) is 1. The van der Waals surface area contributed by atoms with Crippen LogP contribution >= 0.6 is 11.3 Å². The van der Waals surface area contributed by atoms with Crippen LogP contribution in [-0.2, 0) is 0 Å². The predicted octanol–water partition coefficient (Wildman–Crippen LogP) is 3.27. The summed E-state index contributed by atoms with van der Waals surface area (Å²) in [7, 11) is 0. The first kappa shape index (κ1) is 9.46. The van der Waals surface area contributed by atoms with Gasteiger partial charge < -0.3 is 5.73 Å². The van der Waals surface area contributed by atoms with Crippen molar-refractivity contribution in [3.8, 4) is 0 Å². The smallest absolute Gasteiger partial charge is 0.180 e. The molecule has 0 atom stereocenters. The highest BCUT2D eigenvalue weighted by atomic mass is 32.1. The lowest BCUT2D eigenvalue weighted by molar-refractivity contribution is -0.00167. The molecule has 0 aliphatic heterocycles. The van der Waals surface area contributed by atoms with Crippen molar-refractivity contribution >= 4 is 16.5 Å². The molecule has 0 spiro atoms. The van der Waals surface area contributed by atoms with Gasteiger partial charge in [-0.1, -0.05) is 0 Å². The minimum atomic E-state index is 0.754. The van der Waals surface area contributed by atoms with Gasteiger partial charge in [0.25, 0.3) is 0 Å². The summed E-state index contributed by atoms with van der Waals surface area (Å²) < 4.78 is 0. The van der Waals surface area contributed by atoms with E-state index in [0.717, 1.165) is 34.7 Å². The Morgan fingerprint density at radius 2 is 1.69 bits per heavy atom. The van der Waals surface area contributed by atoms with E-state index in [2.05, 4.69) is 4.98 Å². The van der Waals surface area contributed by atoms with Crippen molar-refractivity contribution in [3.05, 3.63) is 11.1 Å². The third-order valence-electron chi connectivity index (χ3n) is 5.10. The number of hydrogen-bond donors (Lipinski definition) is 1. The second kappa shape index (κ2) is 3.22. The van der Waals surface area contributed by atoms with Crippen LogP contribution in [0.15, 0.2) is 6.20 Å². The van der Waals surface area contributed by atoms with Crippen molar-refractivity contribution in [2.45, 2.75) is 38.0 Å². The maximum Gasteiger partial charge on any atom is 0.180 e. The van der Waals surface area contributed by atoms with E-state index in [1.165, 1.54) is 37.0 Å². The predicted molar refractivity (Wildman–Crippen MR) is 66.3 cm³/mol. The molecule has 4 fully saturated rings. The topological polar surface area (TPSA) is 38.9 Å². The van der Waals surface area contributed by atoms with Crippen molar-refractivity contribution in [1.82, 2.24) is 4.98 Å². The minimum Gasteiger partial charge on any atom is -0.375 e. The van der Waals surface area contributed by atoms with Gasteiger partial charge in [-0.25, -0.2) is 4.98 Å². The SMILES string of the molecule is Nc1ncc(C2C3CC4CC(C3)CC2C4)s1. The molecule has 0 radical (unpaired) electrons. The van der Waals surface area contributed by atoms with Crippen LogP contribution in [-0.4, -0.2) is 4.98 Å². The van der Waals surface area contributed by atoms with Crippen LogP contribution in [0.5, 0.6) is 0 Å². The zero-order valence-corrected chi connectivity index (χ0v) is 10.2. The van der Waals surface area contributed by atoms with E-state index in [-0.39, 0.29) is 0 Å². The van der Waals surface area contributed by atoms with Gasteiger partial charge in [0.05, 0.1) is 0 Å². The lowest BCUT2D eigenvalue weighted by Gasteiger charge is -2.54. The van der Waals surface area contributed by atoms with Gasteiger partial charge in [0.1, 0.15) is 0 Å². The van der Waals surface area contributed by atoms with Crippen LogP contribution in [0.25, 0.3) is 0 Å². The summed E-state index contributed by atoms with van der Waals surface area (Å²) in [6.07, 6.45) is 9.51. The molecule has 3 heteroatoms. The Labute approximate surface area is 100 Å². The lowest BCUT2D eigenvalue weighted by atomic mass is 9.52. The van der Waals surface area contributed by atoms with Gasteiger partial charge in [-0.05, 0) is 55.8 Å². The third-order valence-corrected chi connectivity index (χ3v) is 6.02. The maximum atomic E-state index is 5.78. The monoisotopic (exact) mass is 234 g/mol. The summed E-state index contributed by atoms with van der Waals surface area (Å²) in [6.45, 7) is 0. The molecule has 0 amide bonds. The summed E-state index contributed by atoms with van der Waals surface area (Å²) in [5, 5.41) is 0.754. The van der Waals surface area contributed by atoms with E-state index in [1.54, 1.807) is 11.3 Å². The summed E-state index contributed by atoms with van der Waals surface area (Å²) in [4.78, 5) is 5.72. The van der Waals surface area contributed by atoms with E-state index >= 15 is 0 Å². The number of anilines is 1. The molecule has 2 nitrogen and oxygen atoms in total. The molecule has 0 saturated heterocycles. The minimum absolute atomic E-state index is 0.754. The first-order valence-electron chi connectivity index (χ1n) is 6.51. The highest BCUT2D eigenvalue weighted by molar-refractivity contribution is 7.15. The zero-order chi connectivity index (χ0) is 10.7. The summed E-state index contributed by atoms with van der Waals surface area (Å²) in [5.41, 5.74) is 5.78. The van der Waals surface area contributed by atoms with Crippen molar-refractivity contribution in [2.24, 2.45) is 23.7 Å². The Hall–Kier alpha value is -0.570. The Kier molecular flexibility index (Phi) is 1.90. The normalized spacial score (nSPS) is 45.1. The molecule has 4 aliphatic rings. The van der Waals surface area contributed by atoms with Crippen LogP contribution in [0.3, 0.4) is 0 Å². The molecule has 86 valence electrons. The zero-order valence-electron chi connectivity index (χ0n) is 9.43. The number of hydrogen-bond acceptors (Lipinski definition) is 3. The van der Waals surface area contributed by atoms with E-state index in [4.69, 9.17) is 5.73 Å². The summed E-state index contributed by atoms with van der Waals surface area (Å²) >= 11 is 1.73. The standard InChI is InChI=1S/C13H18N2S/c14-13-15-6-11(16-13)12-9-2-7-1-8(4-9)5-10(12)3-7/h6-10,12H,1-5H2,(H2,14,15). The Morgan fingerprint density at radius 1 is 1.06 bits per heavy atom. The van der Waals surface area contributed by atoms with Crippen LogP contribution < -0.4 is 5.73 Å². The quantitative estimate of drug-likeness (QED) is 0.810. The van der Waals surface area contributed by atoms with Crippen LogP contribution in [0.2, 0.25) is 0 Å². The van der Waals surface area contributed by atoms with Gasteiger partial charge in [-0.2, -0.15) is 0 Å². The molecular weight excluding hydrogens is 216 g/mol. The second-order valence-electron chi connectivity index (χ2n) is 6.06. The van der Waals surface area contributed by atoms with Gasteiger partial charge in [0, 0.05) is 17.0 Å². The molecule has 4 aliphatic carbocycles. The van der Waals surface area contributed by atoms with Crippen LogP contribution in [0, 0.1) is 23.7 Å². The third kappa shape index (κ3) is 1.27. The molecule has 0 aromatic carbocycles. The van der Waals surface area contributed by atoms with Crippen molar-refractivity contribution in [3.63, 3.8) is 0 Å². The number of rotatable bonds is 1. The second-order valence-corrected chi connectivity index (χ2v) is 7.15. The van der Waals surface area contributed by atoms with E-state index in [9.17, 15) is 0 Å². The Bertz CT molecular complexity index is 384. The van der Waals surface area contributed by atoms with Crippen molar-refractivity contribution in [2.75, 3.05) is 5.73 Å². The molecule has 0 unspecified atom stereocenters. The highest BCUT2D eigenvalue weighted by Gasteiger charge is 2.49. The summed E-state index contributed by atoms with van der Waals surface area (Å²) in [5.74, 6) is 4.84. The molecule has 5 rings (SSSR count).